The van der Waals surface area contributed by atoms with Crippen LogP contribution in [0.5, 0.6) is 0 Å². The molecule has 1 atom stereocenters. The van der Waals surface area contributed by atoms with Crippen LogP contribution >= 0.6 is 11.3 Å². The molecule has 0 N–H and O–H groups in total. The summed E-state index contributed by atoms with van der Waals surface area (Å²) >= 11 is 1.92. The molecule has 1 spiro atoms. The molecule has 3 heteroatoms. The van der Waals surface area contributed by atoms with Gasteiger partial charge in [0.1, 0.15) is 11.2 Å². The molecule has 0 aliphatic heterocycles. The van der Waals surface area contributed by atoms with Gasteiger partial charge in [-0.2, -0.15) is 0 Å². The molecule has 0 bridgehead atoms. The van der Waals surface area contributed by atoms with Gasteiger partial charge in [-0.15, -0.1) is 11.3 Å². The fourth-order valence-corrected chi connectivity index (χ4v) is 12.6. The van der Waals surface area contributed by atoms with E-state index < -0.39 is 5.41 Å². The number of para-hydroxylation sites is 2. The summed E-state index contributed by atoms with van der Waals surface area (Å²) < 4.78 is 9.24. The molecule has 2 aromatic heterocycles. The third-order valence-electron chi connectivity index (χ3n) is 13.9. The summed E-state index contributed by atoms with van der Waals surface area (Å²) in [6.45, 7) is 0. The average molecular weight is 832 g/mol. The van der Waals surface area contributed by atoms with Gasteiger partial charge in [-0.25, -0.2) is 0 Å². The molecular weight excluding hydrogens is 795 g/mol. The van der Waals surface area contributed by atoms with Gasteiger partial charge in [-0.3, -0.25) is 0 Å². The lowest BCUT2D eigenvalue weighted by atomic mass is 9.66. The highest BCUT2D eigenvalue weighted by atomic mass is 32.1. The standard InChI is InChI=1S/C61H37NOS/c1-2-17-38(18-3-1)40-19-8-13-28-53(40)62(54-29-16-31-56-59(54)47-25-9-14-30-55(47)63-56)39-33-35-51-48(37-39)42-21-5-4-20-41(42)43-22-6-11-26-49(43)61(51)50-27-12-7-24-46(50)58-52(61)36-34-45-44-23-10-15-32-57(44)64-60(45)58/h1-37H. The van der Waals surface area contributed by atoms with Crippen molar-refractivity contribution in [2.24, 2.45) is 0 Å². The van der Waals surface area contributed by atoms with Crippen LogP contribution in [-0.4, -0.2) is 0 Å². The topological polar surface area (TPSA) is 16.4 Å². The van der Waals surface area contributed by atoms with Crippen molar-refractivity contribution in [2.75, 3.05) is 4.90 Å². The minimum Gasteiger partial charge on any atom is -0.456 e. The van der Waals surface area contributed by atoms with Crippen molar-refractivity contribution in [2.45, 2.75) is 5.41 Å². The monoisotopic (exact) mass is 831 g/mol. The molecule has 0 radical (unpaired) electrons. The lowest BCUT2D eigenvalue weighted by Gasteiger charge is -2.36. The van der Waals surface area contributed by atoms with Crippen LogP contribution in [0.4, 0.5) is 17.1 Å². The number of furan rings is 1. The summed E-state index contributed by atoms with van der Waals surface area (Å²) in [6, 6.07) is 82.9. The first kappa shape index (κ1) is 35.6. The predicted octanol–water partition coefficient (Wildman–Crippen LogP) is 17.1. The highest BCUT2D eigenvalue weighted by Crippen LogP contribution is 2.64. The molecule has 14 rings (SSSR count). The highest BCUT2D eigenvalue weighted by molar-refractivity contribution is 7.26. The Labute approximate surface area is 374 Å². The van der Waals surface area contributed by atoms with Crippen molar-refractivity contribution in [3.8, 4) is 44.5 Å². The second-order valence-corrected chi connectivity index (χ2v) is 18.1. The van der Waals surface area contributed by atoms with Gasteiger partial charge in [0, 0.05) is 42.4 Å². The Balaban J connectivity index is 1.12. The van der Waals surface area contributed by atoms with Crippen LogP contribution in [0.15, 0.2) is 229 Å². The summed E-state index contributed by atoms with van der Waals surface area (Å²) in [4.78, 5) is 2.47. The van der Waals surface area contributed by atoms with Gasteiger partial charge < -0.3 is 9.32 Å². The summed E-state index contributed by atoms with van der Waals surface area (Å²) in [5.74, 6) is 0. The fraction of sp³-hybridized carbons (Fsp3) is 0.0164. The first-order chi connectivity index (χ1) is 31.8. The molecule has 2 heterocycles. The zero-order valence-corrected chi connectivity index (χ0v) is 35.4. The van der Waals surface area contributed by atoms with E-state index in [9.17, 15) is 0 Å². The van der Waals surface area contributed by atoms with Crippen molar-refractivity contribution in [3.63, 3.8) is 0 Å². The van der Waals surface area contributed by atoms with Gasteiger partial charge in [-0.1, -0.05) is 182 Å². The van der Waals surface area contributed by atoms with E-state index in [0.29, 0.717) is 0 Å². The van der Waals surface area contributed by atoms with Gasteiger partial charge >= 0.3 is 0 Å². The van der Waals surface area contributed by atoms with Crippen molar-refractivity contribution in [1.29, 1.82) is 0 Å². The van der Waals surface area contributed by atoms with Gasteiger partial charge in [0.25, 0.3) is 0 Å². The van der Waals surface area contributed by atoms with Crippen LogP contribution in [0.1, 0.15) is 22.3 Å². The number of rotatable bonds is 4. The number of benzene rings is 10. The Morgan fingerprint density at radius 3 is 1.81 bits per heavy atom. The molecule has 2 aliphatic rings. The molecule has 64 heavy (non-hydrogen) atoms. The van der Waals surface area contributed by atoms with Crippen molar-refractivity contribution in [3.05, 3.63) is 247 Å². The van der Waals surface area contributed by atoms with E-state index in [0.717, 1.165) is 50.1 Å². The maximum Gasteiger partial charge on any atom is 0.137 e. The third kappa shape index (κ3) is 4.79. The summed E-state index contributed by atoms with van der Waals surface area (Å²) in [6.07, 6.45) is 0. The van der Waals surface area contributed by atoms with E-state index in [1.807, 2.05) is 11.3 Å². The van der Waals surface area contributed by atoms with Crippen molar-refractivity contribution >= 4 is 70.5 Å². The summed E-state index contributed by atoms with van der Waals surface area (Å²) in [5, 5.41) is 4.82. The molecule has 0 fully saturated rings. The van der Waals surface area contributed by atoms with Crippen LogP contribution in [0.3, 0.4) is 0 Å². The Hall–Kier alpha value is -7.98. The summed E-state index contributed by atoms with van der Waals surface area (Å²) in [5.41, 5.74) is 19.5. The van der Waals surface area contributed by atoms with Gasteiger partial charge in [0.2, 0.25) is 0 Å². The van der Waals surface area contributed by atoms with E-state index in [1.165, 1.54) is 75.8 Å². The average Bonchev–Trinajstić information content (AvgIpc) is 4.01. The lowest BCUT2D eigenvalue weighted by molar-refractivity contribution is 0.669. The molecular formula is C61H37NOS. The molecule has 0 saturated carbocycles. The molecule has 298 valence electrons. The van der Waals surface area contributed by atoms with Gasteiger partial charge in [-0.05, 0) is 98.1 Å². The third-order valence-corrected chi connectivity index (χ3v) is 15.1. The zero-order valence-electron chi connectivity index (χ0n) is 34.6. The summed E-state index contributed by atoms with van der Waals surface area (Å²) in [7, 11) is 0. The number of anilines is 3. The molecule has 10 aromatic carbocycles. The second kappa shape index (κ2) is 13.5. The molecule has 2 aliphatic carbocycles. The van der Waals surface area contributed by atoms with Gasteiger partial charge in [0.05, 0.1) is 22.2 Å². The van der Waals surface area contributed by atoms with Crippen molar-refractivity contribution in [1.82, 2.24) is 0 Å². The molecule has 1 unspecified atom stereocenters. The van der Waals surface area contributed by atoms with Crippen LogP contribution in [0.25, 0.3) is 86.6 Å². The van der Waals surface area contributed by atoms with Crippen LogP contribution in [-0.2, 0) is 5.41 Å². The SMILES string of the molecule is c1ccc(-c2ccccc2N(c2ccc3c(c2)-c2ccccc2-c2ccccc2C32c3ccccc3-c3c2ccc2c3sc3ccccc32)c2cccc3oc4ccccc4c23)cc1. The van der Waals surface area contributed by atoms with E-state index >= 15 is 0 Å². The Morgan fingerprint density at radius 2 is 0.969 bits per heavy atom. The number of hydrogen-bond donors (Lipinski definition) is 0. The van der Waals surface area contributed by atoms with Crippen molar-refractivity contribution < 1.29 is 4.42 Å². The van der Waals surface area contributed by atoms with E-state index in [1.54, 1.807) is 0 Å². The molecule has 12 aromatic rings. The number of thiophene rings is 1. The quantitative estimate of drug-likeness (QED) is 0.176. The number of fused-ring (bicyclic) bond motifs is 19. The molecule has 0 amide bonds. The fourth-order valence-electron chi connectivity index (χ4n) is 11.4. The molecule has 0 saturated heterocycles. The highest BCUT2D eigenvalue weighted by Gasteiger charge is 2.50. The normalized spacial score (nSPS) is 14.6. The zero-order chi connectivity index (χ0) is 41.9. The number of nitrogens with zero attached hydrogens (tertiary/aromatic N) is 1. The Morgan fingerprint density at radius 1 is 0.375 bits per heavy atom. The largest absolute Gasteiger partial charge is 0.456 e. The van der Waals surface area contributed by atoms with E-state index in [2.05, 4.69) is 229 Å². The van der Waals surface area contributed by atoms with E-state index in [-0.39, 0.29) is 0 Å². The lowest BCUT2D eigenvalue weighted by Crippen LogP contribution is -2.29. The predicted molar refractivity (Wildman–Crippen MR) is 268 cm³/mol. The second-order valence-electron chi connectivity index (χ2n) is 17.0. The van der Waals surface area contributed by atoms with Gasteiger partial charge in [0.15, 0.2) is 0 Å². The van der Waals surface area contributed by atoms with Crippen LogP contribution < -0.4 is 4.90 Å². The first-order valence-electron chi connectivity index (χ1n) is 22.0. The van der Waals surface area contributed by atoms with E-state index in [4.69, 9.17) is 4.42 Å². The maximum absolute atomic E-state index is 6.57. The van der Waals surface area contributed by atoms with Crippen LogP contribution in [0, 0.1) is 0 Å². The minimum absolute atomic E-state index is 0.604. The maximum atomic E-state index is 6.57. The Kier molecular flexibility index (Phi) is 7.51. The minimum atomic E-state index is -0.604. The Bertz CT molecular complexity index is 3870. The smallest absolute Gasteiger partial charge is 0.137 e. The first-order valence-corrected chi connectivity index (χ1v) is 22.8. The van der Waals surface area contributed by atoms with Crippen LogP contribution in [0.2, 0.25) is 0 Å². The number of hydrogen-bond acceptors (Lipinski definition) is 3. The molecule has 2 nitrogen and oxygen atoms in total.